The summed E-state index contributed by atoms with van der Waals surface area (Å²) in [5.41, 5.74) is 0.760. The molecule has 0 aromatic heterocycles. The second kappa shape index (κ2) is 6.52. The minimum Gasteiger partial charge on any atom is -0.385 e. The first-order valence-electron chi connectivity index (χ1n) is 6.86. The summed E-state index contributed by atoms with van der Waals surface area (Å²) in [4.78, 5) is -0.339. The van der Waals surface area contributed by atoms with Crippen molar-refractivity contribution in [1.29, 1.82) is 0 Å². The Morgan fingerprint density at radius 2 is 1.75 bits per heavy atom. The molecule has 1 aromatic rings. The molecule has 112 valence electrons. The molecule has 0 radical (unpaired) electrons. The van der Waals surface area contributed by atoms with Gasteiger partial charge >= 0.3 is 5.76 Å². The van der Waals surface area contributed by atoms with E-state index in [0.29, 0.717) is 0 Å². The predicted molar refractivity (Wildman–Crippen MR) is 74.7 cm³/mol. The van der Waals surface area contributed by atoms with Crippen molar-refractivity contribution in [2.75, 3.05) is 11.9 Å². The van der Waals surface area contributed by atoms with Crippen molar-refractivity contribution in [3.63, 3.8) is 0 Å². The van der Waals surface area contributed by atoms with Gasteiger partial charge in [-0.15, -0.1) is 0 Å². The molecule has 0 aliphatic heterocycles. The van der Waals surface area contributed by atoms with E-state index in [-0.39, 0.29) is 4.90 Å². The average molecular weight is 303 g/mol. The molecular weight excluding hydrogens is 284 g/mol. The third kappa shape index (κ3) is 3.69. The number of nitrogens with one attached hydrogen (secondary N) is 1. The van der Waals surface area contributed by atoms with Gasteiger partial charge in [-0.2, -0.15) is 8.78 Å². The normalized spacial score (nSPS) is 16.8. The number of halogens is 2. The summed E-state index contributed by atoms with van der Waals surface area (Å²) in [5.74, 6) is -2.59. The third-order valence-corrected chi connectivity index (χ3v) is 5.17. The lowest BCUT2D eigenvalue weighted by Crippen LogP contribution is -2.11. The van der Waals surface area contributed by atoms with E-state index in [2.05, 4.69) is 5.32 Å². The van der Waals surface area contributed by atoms with Gasteiger partial charge in [-0.05, 0) is 36.6 Å². The van der Waals surface area contributed by atoms with Gasteiger partial charge in [-0.1, -0.05) is 25.7 Å². The molecule has 0 atom stereocenters. The number of benzene rings is 1. The van der Waals surface area contributed by atoms with Gasteiger partial charge in [0.15, 0.2) is 0 Å². The van der Waals surface area contributed by atoms with Gasteiger partial charge < -0.3 is 5.32 Å². The molecule has 0 saturated heterocycles. The summed E-state index contributed by atoms with van der Waals surface area (Å²) in [5, 5.41) is 3.20. The first kappa shape index (κ1) is 15.2. The van der Waals surface area contributed by atoms with E-state index >= 15 is 0 Å². The third-order valence-electron chi connectivity index (χ3n) is 3.77. The fraction of sp³-hybridized carbons (Fsp3) is 0.571. The van der Waals surface area contributed by atoms with Crippen LogP contribution in [0.5, 0.6) is 0 Å². The summed E-state index contributed by atoms with van der Waals surface area (Å²) in [6.45, 7) is 0.825. The number of anilines is 1. The predicted octanol–water partition coefficient (Wildman–Crippen LogP) is 3.68. The molecule has 1 N–H and O–H groups in total. The van der Waals surface area contributed by atoms with Crippen LogP contribution in [0.25, 0.3) is 0 Å². The maximum absolute atomic E-state index is 12.4. The van der Waals surface area contributed by atoms with E-state index in [0.717, 1.165) is 24.6 Å². The zero-order chi connectivity index (χ0) is 14.6. The Kier molecular flexibility index (Phi) is 4.96. The highest BCUT2D eigenvalue weighted by Crippen LogP contribution is 2.27. The van der Waals surface area contributed by atoms with Gasteiger partial charge in [0.2, 0.25) is 9.84 Å². The van der Waals surface area contributed by atoms with Crippen LogP contribution in [0.3, 0.4) is 0 Å². The van der Waals surface area contributed by atoms with Gasteiger partial charge in [-0.25, -0.2) is 8.42 Å². The lowest BCUT2D eigenvalue weighted by atomic mass is 10.0. The van der Waals surface area contributed by atoms with Gasteiger partial charge in [0, 0.05) is 12.2 Å². The van der Waals surface area contributed by atoms with Crippen LogP contribution in [0, 0.1) is 5.92 Å². The standard InChI is InChI=1S/C14H19F2NO2S/c15-14(16)20(18,19)13-7-5-12(6-8-13)17-10-9-11-3-1-2-4-11/h5-8,11,14,17H,1-4,9-10H2. The Labute approximate surface area is 118 Å². The summed E-state index contributed by atoms with van der Waals surface area (Å²) < 4.78 is 47.3. The molecule has 1 saturated carbocycles. The molecule has 0 heterocycles. The number of hydrogen-bond donors (Lipinski definition) is 1. The minimum absolute atomic E-state index is 0.339. The van der Waals surface area contributed by atoms with Gasteiger partial charge in [-0.3, -0.25) is 0 Å². The highest BCUT2D eigenvalue weighted by Gasteiger charge is 2.26. The van der Waals surface area contributed by atoms with Crippen molar-refractivity contribution in [1.82, 2.24) is 0 Å². The largest absolute Gasteiger partial charge is 0.385 e. The molecule has 1 aliphatic rings. The zero-order valence-corrected chi connectivity index (χ0v) is 12.0. The maximum Gasteiger partial charge on any atom is 0.341 e. The molecule has 1 aromatic carbocycles. The molecule has 2 rings (SSSR count). The zero-order valence-electron chi connectivity index (χ0n) is 11.2. The van der Waals surface area contributed by atoms with Crippen molar-refractivity contribution in [3.8, 4) is 0 Å². The average Bonchev–Trinajstić information content (AvgIpc) is 2.92. The molecular formula is C14H19F2NO2S. The molecule has 3 nitrogen and oxygen atoms in total. The maximum atomic E-state index is 12.4. The highest BCUT2D eigenvalue weighted by atomic mass is 32.2. The summed E-state index contributed by atoms with van der Waals surface area (Å²) in [6, 6.07) is 5.51. The summed E-state index contributed by atoms with van der Waals surface area (Å²) in [7, 11) is -4.49. The first-order chi connectivity index (χ1) is 9.50. The molecule has 0 amide bonds. The van der Waals surface area contributed by atoms with Crippen LogP contribution in [0.1, 0.15) is 32.1 Å². The number of rotatable bonds is 6. The lowest BCUT2D eigenvalue weighted by Gasteiger charge is -2.11. The van der Waals surface area contributed by atoms with Crippen LogP contribution in [0.15, 0.2) is 29.2 Å². The second-order valence-corrected chi connectivity index (χ2v) is 7.11. The number of alkyl halides is 2. The lowest BCUT2D eigenvalue weighted by molar-refractivity contribution is 0.234. The van der Waals surface area contributed by atoms with E-state index in [9.17, 15) is 17.2 Å². The fourth-order valence-electron chi connectivity index (χ4n) is 2.59. The van der Waals surface area contributed by atoms with Crippen LogP contribution in [-0.2, 0) is 9.84 Å². The Bertz CT molecular complexity index is 523. The van der Waals surface area contributed by atoms with Crippen molar-refractivity contribution in [3.05, 3.63) is 24.3 Å². The van der Waals surface area contributed by atoms with Crippen LogP contribution >= 0.6 is 0 Å². The monoisotopic (exact) mass is 303 g/mol. The van der Waals surface area contributed by atoms with Crippen molar-refractivity contribution in [2.45, 2.75) is 42.8 Å². The number of sulfone groups is 1. The molecule has 1 fully saturated rings. The van der Waals surface area contributed by atoms with E-state index in [1.165, 1.54) is 49.9 Å². The molecule has 0 spiro atoms. The van der Waals surface area contributed by atoms with E-state index < -0.39 is 15.6 Å². The van der Waals surface area contributed by atoms with Crippen molar-refractivity contribution in [2.24, 2.45) is 5.92 Å². The summed E-state index contributed by atoms with van der Waals surface area (Å²) >= 11 is 0. The quantitative estimate of drug-likeness (QED) is 0.872. The Morgan fingerprint density at radius 3 is 2.30 bits per heavy atom. The van der Waals surface area contributed by atoms with E-state index in [1.807, 2.05) is 0 Å². The smallest absolute Gasteiger partial charge is 0.341 e. The fourth-order valence-corrected chi connectivity index (χ4v) is 3.31. The van der Waals surface area contributed by atoms with Crippen LogP contribution in [0.2, 0.25) is 0 Å². The SMILES string of the molecule is O=S(=O)(c1ccc(NCCC2CCCC2)cc1)C(F)F. The topological polar surface area (TPSA) is 46.2 Å². The van der Waals surface area contributed by atoms with E-state index in [1.54, 1.807) is 0 Å². The highest BCUT2D eigenvalue weighted by molar-refractivity contribution is 7.91. The molecule has 1 aliphatic carbocycles. The molecule has 20 heavy (non-hydrogen) atoms. The van der Waals surface area contributed by atoms with Crippen molar-refractivity contribution >= 4 is 15.5 Å². The van der Waals surface area contributed by atoms with Gasteiger partial charge in [0.25, 0.3) is 0 Å². The molecule has 6 heteroatoms. The Hall–Kier alpha value is -1.17. The second-order valence-electron chi connectivity index (χ2n) is 5.20. The Morgan fingerprint density at radius 1 is 1.15 bits per heavy atom. The van der Waals surface area contributed by atoms with Gasteiger partial charge in [0.05, 0.1) is 4.90 Å². The van der Waals surface area contributed by atoms with Crippen LogP contribution in [-0.4, -0.2) is 20.7 Å². The van der Waals surface area contributed by atoms with Crippen LogP contribution in [0.4, 0.5) is 14.5 Å². The van der Waals surface area contributed by atoms with E-state index in [4.69, 9.17) is 0 Å². The van der Waals surface area contributed by atoms with Crippen molar-refractivity contribution < 1.29 is 17.2 Å². The summed E-state index contributed by atoms with van der Waals surface area (Å²) in [6.07, 6.45) is 6.29. The van der Waals surface area contributed by atoms with Gasteiger partial charge in [0.1, 0.15) is 0 Å². The molecule has 0 unspecified atom stereocenters. The Balaban J connectivity index is 1.88. The minimum atomic E-state index is -4.49. The molecule has 0 bridgehead atoms. The first-order valence-corrected chi connectivity index (χ1v) is 8.41. The van der Waals surface area contributed by atoms with Crippen LogP contribution < -0.4 is 5.32 Å². The number of hydrogen-bond acceptors (Lipinski definition) is 3.